The van der Waals surface area contributed by atoms with E-state index in [0.29, 0.717) is 17.5 Å². The van der Waals surface area contributed by atoms with Crippen LogP contribution in [0.25, 0.3) is 0 Å². The fourth-order valence-electron chi connectivity index (χ4n) is 4.04. The Morgan fingerprint density at radius 3 is 2.86 bits per heavy atom. The van der Waals surface area contributed by atoms with E-state index < -0.39 is 0 Å². The van der Waals surface area contributed by atoms with Crippen molar-refractivity contribution in [3.05, 3.63) is 77.2 Å². The highest BCUT2D eigenvalue weighted by Gasteiger charge is 2.30. The molecular weight excluding hydrogens is 348 g/mol. The Morgan fingerprint density at radius 1 is 1.25 bits per heavy atom. The normalized spacial score (nSPS) is 23.0. The van der Waals surface area contributed by atoms with Gasteiger partial charge in [-0.1, -0.05) is 18.2 Å². The zero-order valence-electron chi connectivity index (χ0n) is 16.2. The van der Waals surface area contributed by atoms with Gasteiger partial charge in [-0.25, -0.2) is 4.79 Å². The van der Waals surface area contributed by atoms with Crippen LogP contribution in [0.2, 0.25) is 0 Å². The van der Waals surface area contributed by atoms with Crippen LogP contribution in [-0.4, -0.2) is 30.6 Å². The van der Waals surface area contributed by atoms with Crippen molar-refractivity contribution in [2.75, 3.05) is 19.0 Å². The lowest BCUT2D eigenvalue weighted by atomic mass is 10.0. The molecule has 0 saturated heterocycles. The van der Waals surface area contributed by atoms with Crippen molar-refractivity contribution < 1.29 is 9.53 Å². The molecule has 1 unspecified atom stereocenters. The highest BCUT2D eigenvalue weighted by atomic mass is 16.5. The third kappa shape index (κ3) is 3.51. The number of hydrogen-bond acceptors (Lipinski definition) is 4. The lowest BCUT2D eigenvalue weighted by Crippen LogP contribution is -2.28. The van der Waals surface area contributed by atoms with Gasteiger partial charge in [0.25, 0.3) is 0 Å². The van der Waals surface area contributed by atoms with Gasteiger partial charge in [0, 0.05) is 18.4 Å². The molecule has 4 nitrogen and oxygen atoms in total. The summed E-state index contributed by atoms with van der Waals surface area (Å²) in [5.41, 5.74) is 4.89. The summed E-state index contributed by atoms with van der Waals surface area (Å²) in [5, 5.41) is 3.45. The van der Waals surface area contributed by atoms with E-state index >= 15 is 0 Å². The third-order valence-corrected chi connectivity index (χ3v) is 5.99. The number of hydrogen-bond donors (Lipinski definition) is 1. The molecule has 0 amide bonds. The van der Waals surface area contributed by atoms with Crippen molar-refractivity contribution in [1.82, 2.24) is 4.90 Å². The summed E-state index contributed by atoms with van der Waals surface area (Å²) < 4.78 is 5.03. The summed E-state index contributed by atoms with van der Waals surface area (Å²) >= 11 is 0. The smallest absolute Gasteiger partial charge is 0.339 e. The van der Waals surface area contributed by atoms with E-state index in [1.54, 1.807) is 0 Å². The highest BCUT2D eigenvalue weighted by molar-refractivity contribution is 5.96. The van der Waals surface area contributed by atoms with Crippen molar-refractivity contribution in [3.8, 4) is 0 Å². The van der Waals surface area contributed by atoms with Crippen molar-refractivity contribution in [2.24, 2.45) is 5.92 Å². The summed E-state index contributed by atoms with van der Waals surface area (Å²) in [6.07, 6.45) is 18.2. The Hall–Kier alpha value is -2.75. The molecule has 144 valence electrons. The summed E-state index contributed by atoms with van der Waals surface area (Å²) in [5.74, 6) is 1.16. The molecule has 2 fully saturated rings. The van der Waals surface area contributed by atoms with Crippen LogP contribution < -0.4 is 5.32 Å². The number of carbonyl (C=O) groups excluding carboxylic acids is 1. The van der Waals surface area contributed by atoms with Crippen molar-refractivity contribution in [2.45, 2.75) is 37.6 Å². The molecule has 1 atom stereocenters. The summed E-state index contributed by atoms with van der Waals surface area (Å²) in [7, 11) is 1.44. The molecule has 0 aromatic heterocycles. The first-order chi connectivity index (χ1) is 13.7. The SMILES string of the molecule is COC(=O)c1cc(C2CC2)ccc1NC1=CC=CC2C(=C1)C=CN2CC1CC1. The van der Waals surface area contributed by atoms with E-state index in [1.807, 2.05) is 12.1 Å². The molecule has 4 heteroatoms. The second-order valence-corrected chi connectivity index (χ2v) is 8.25. The molecular formula is C24H26N2O2. The van der Waals surface area contributed by atoms with Gasteiger partial charge in [0.1, 0.15) is 0 Å². The predicted octanol–water partition coefficient (Wildman–Crippen LogP) is 4.75. The standard InChI is InChI=1S/C24H26N2O2/c1-28-24(27)21-14-18(17-7-8-17)9-10-22(21)25-20-3-2-4-23-19(13-20)11-12-26(23)15-16-5-6-16/h2-4,9-14,16-17,23,25H,5-8,15H2,1H3. The van der Waals surface area contributed by atoms with Crippen LogP contribution in [0.4, 0.5) is 5.69 Å². The molecule has 1 aromatic rings. The van der Waals surface area contributed by atoms with Gasteiger partial charge in [0.2, 0.25) is 0 Å². The maximum absolute atomic E-state index is 12.3. The first-order valence-electron chi connectivity index (χ1n) is 10.2. The molecule has 1 aromatic carbocycles. The number of anilines is 1. The largest absolute Gasteiger partial charge is 0.465 e. The quantitative estimate of drug-likeness (QED) is 0.730. The number of rotatable bonds is 6. The number of ether oxygens (including phenoxy) is 1. The molecule has 5 rings (SSSR count). The fourth-order valence-corrected chi connectivity index (χ4v) is 4.04. The van der Waals surface area contributed by atoms with E-state index in [-0.39, 0.29) is 5.97 Å². The Bertz CT molecular complexity index is 917. The van der Waals surface area contributed by atoms with Crippen LogP contribution in [0.1, 0.15) is 47.5 Å². The molecule has 4 aliphatic rings. The average molecular weight is 374 g/mol. The number of methoxy groups -OCH3 is 1. The predicted molar refractivity (Wildman–Crippen MR) is 111 cm³/mol. The van der Waals surface area contributed by atoms with E-state index in [4.69, 9.17) is 4.74 Å². The first kappa shape index (κ1) is 17.4. The van der Waals surface area contributed by atoms with Gasteiger partial charge in [-0.3, -0.25) is 0 Å². The van der Waals surface area contributed by atoms with Crippen molar-refractivity contribution >= 4 is 11.7 Å². The Morgan fingerprint density at radius 2 is 2.11 bits per heavy atom. The number of nitrogens with zero attached hydrogens (tertiary/aromatic N) is 1. The fraction of sp³-hybridized carbons (Fsp3) is 0.375. The Kier molecular flexibility index (Phi) is 4.34. The molecule has 0 bridgehead atoms. The summed E-state index contributed by atoms with van der Waals surface area (Å²) in [4.78, 5) is 14.8. The minimum absolute atomic E-state index is 0.295. The zero-order chi connectivity index (χ0) is 19.1. The summed E-state index contributed by atoms with van der Waals surface area (Å²) in [6, 6.07) is 6.44. The van der Waals surface area contributed by atoms with Gasteiger partial charge in [-0.05, 0) is 79.0 Å². The minimum atomic E-state index is -0.295. The van der Waals surface area contributed by atoms with E-state index in [0.717, 1.165) is 23.8 Å². The number of carbonyl (C=O) groups is 1. The Labute approximate surface area is 166 Å². The molecule has 1 aliphatic heterocycles. The molecule has 3 aliphatic carbocycles. The van der Waals surface area contributed by atoms with Crippen LogP contribution in [0, 0.1) is 5.92 Å². The van der Waals surface area contributed by atoms with Crippen LogP contribution in [0.15, 0.2) is 66.0 Å². The second kappa shape index (κ2) is 7.01. The number of allylic oxidation sites excluding steroid dienone is 3. The zero-order valence-corrected chi connectivity index (χ0v) is 16.2. The highest BCUT2D eigenvalue weighted by Crippen LogP contribution is 2.41. The molecule has 0 radical (unpaired) electrons. The second-order valence-electron chi connectivity index (χ2n) is 8.25. The third-order valence-electron chi connectivity index (χ3n) is 5.99. The van der Waals surface area contributed by atoms with Gasteiger partial charge < -0.3 is 15.0 Å². The number of benzene rings is 1. The minimum Gasteiger partial charge on any atom is -0.465 e. The molecule has 1 heterocycles. The number of esters is 1. The molecule has 28 heavy (non-hydrogen) atoms. The van der Waals surface area contributed by atoms with Crippen LogP contribution in [-0.2, 0) is 4.74 Å². The van der Waals surface area contributed by atoms with Gasteiger partial charge >= 0.3 is 5.97 Å². The number of nitrogens with one attached hydrogen (secondary N) is 1. The van der Waals surface area contributed by atoms with Crippen molar-refractivity contribution in [1.29, 1.82) is 0 Å². The maximum Gasteiger partial charge on any atom is 0.339 e. The van der Waals surface area contributed by atoms with Gasteiger partial charge in [0.15, 0.2) is 0 Å². The van der Waals surface area contributed by atoms with E-state index in [9.17, 15) is 4.79 Å². The Balaban J connectivity index is 1.38. The first-order valence-corrected chi connectivity index (χ1v) is 10.2. The lowest BCUT2D eigenvalue weighted by Gasteiger charge is -2.23. The number of fused-ring (bicyclic) bond motifs is 1. The maximum atomic E-state index is 12.3. The van der Waals surface area contributed by atoms with Crippen molar-refractivity contribution in [3.63, 3.8) is 0 Å². The van der Waals surface area contributed by atoms with Gasteiger partial charge in [-0.2, -0.15) is 0 Å². The summed E-state index contributed by atoms with van der Waals surface area (Å²) in [6.45, 7) is 1.14. The van der Waals surface area contributed by atoms with Gasteiger partial charge in [-0.15, -0.1) is 0 Å². The van der Waals surface area contributed by atoms with Crippen LogP contribution >= 0.6 is 0 Å². The van der Waals surface area contributed by atoms with Crippen LogP contribution in [0.3, 0.4) is 0 Å². The molecule has 0 spiro atoms. The van der Waals surface area contributed by atoms with E-state index in [2.05, 4.69) is 52.9 Å². The van der Waals surface area contributed by atoms with Crippen LogP contribution in [0.5, 0.6) is 0 Å². The topological polar surface area (TPSA) is 41.6 Å². The molecule has 1 N–H and O–H groups in total. The monoisotopic (exact) mass is 374 g/mol. The average Bonchev–Trinajstić information content (AvgIpc) is 3.61. The van der Waals surface area contributed by atoms with E-state index in [1.165, 1.54) is 43.9 Å². The molecule has 2 saturated carbocycles. The lowest BCUT2D eigenvalue weighted by molar-refractivity contribution is 0.0602. The van der Waals surface area contributed by atoms with Gasteiger partial charge in [0.05, 0.1) is 24.4 Å².